The van der Waals surface area contributed by atoms with Gasteiger partial charge in [-0.05, 0) is 41.0 Å². The molecule has 1 aliphatic rings. The summed E-state index contributed by atoms with van der Waals surface area (Å²) < 4.78 is 13.0. The Bertz CT molecular complexity index is 688. The molecule has 3 rings (SSSR count). The van der Waals surface area contributed by atoms with Crippen molar-refractivity contribution in [1.82, 2.24) is 0 Å². The number of nitrogens with two attached hydrogens (primary N) is 1. The number of halogens is 1. The molecule has 0 radical (unpaired) electrons. The van der Waals surface area contributed by atoms with Crippen molar-refractivity contribution in [1.29, 1.82) is 5.26 Å². The molecule has 0 amide bonds. The fourth-order valence-corrected chi connectivity index (χ4v) is 2.71. The van der Waals surface area contributed by atoms with E-state index < -0.39 is 6.04 Å². The Morgan fingerprint density at radius 3 is 2.57 bits per heavy atom. The van der Waals surface area contributed by atoms with Crippen molar-refractivity contribution in [3.63, 3.8) is 0 Å². The number of nitriles is 1. The second-order valence-corrected chi connectivity index (χ2v) is 5.38. The van der Waals surface area contributed by atoms with E-state index in [0.717, 1.165) is 24.3 Å². The van der Waals surface area contributed by atoms with E-state index in [9.17, 15) is 4.39 Å². The summed E-state index contributed by atoms with van der Waals surface area (Å²) in [7, 11) is 0. The summed E-state index contributed by atoms with van der Waals surface area (Å²) in [5.74, 6) is -0.219. The van der Waals surface area contributed by atoms with Gasteiger partial charge in [0.2, 0.25) is 0 Å². The molecule has 0 aromatic heterocycles. The Hall–Kier alpha value is -2.38. The summed E-state index contributed by atoms with van der Waals surface area (Å²) in [5.41, 5.74) is 10.3. The number of rotatable bonds is 3. The third-order valence-corrected chi connectivity index (χ3v) is 3.81. The van der Waals surface area contributed by atoms with Crippen LogP contribution < -0.4 is 10.6 Å². The SMILES string of the molecule is N#C[C@@H](N)Cc1ccc2c(c1)CN(c1ccc(F)cc1)C2. The van der Waals surface area contributed by atoms with E-state index in [-0.39, 0.29) is 5.82 Å². The standard InChI is InChI=1S/C17H16FN3/c18-15-3-5-17(6-4-15)21-10-13-2-1-12(7-14(13)11-21)8-16(20)9-19/h1-7,16H,8,10-11,20H2/t16-/m0/s1. The first-order chi connectivity index (χ1) is 10.2. The molecule has 106 valence electrons. The number of fused-ring (bicyclic) bond motifs is 1. The fourth-order valence-electron chi connectivity index (χ4n) is 2.71. The predicted octanol–water partition coefficient (Wildman–Crippen LogP) is 2.74. The molecule has 21 heavy (non-hydrogen) atoms. The third kappa shape index (κ3) is 2.88. The summed E-state index contributed by atoms with van der Waals surface area (Å²) in [6, 6.07) is 14.4. The van der Waals surface area contributed by atoms with E-state index in [1.54, 1.807) is 12.1 Å². The zero-order valence-corrected chi connectivity index (χ0v) is 11.6. The molecule has 0 bridgehead atoms. The lowest BCUT2D eigenvalue weighted by atomic mass is 10.0. The van der Waals surface area contributed by atoms with Crippen molar-refractivity contribution < 1.29 is 4.39 Å². The Labute approximate surface area is 123 Å². The number of benzene rings is 2. The van der Waals surface area contributed by atoms with Crippen molar-refractivity contribution in [2.24, 2.45) is 5.73 Å². The van der Waals surface area contributed by atoms with E-state index in [1.165, 1.54) is 23.3 Å². The summed E-state index contributed by atoms with van der Waals surface area (Å²) >= 11 is 0. The minimum absolute atomic E-state index is 0.219. The highest BCUT2D eigenvalue weighted by Crippen LogP contribution is 2.29. The van der Waals surface area contributed by atoms with Crippen LogP contribution in [0.4, 0.5) is 10.1 Å². The normalized spacial score (nSPS) is 14.6. The van der Waals surface area contributed by atoms with Gasteiger partial charge in [-0.25, -0.2) is 4.39 Å². The summed E-state index contributed by atoms with van der Waals surface area (Å²) in [6.45, 7) is 1.63. The molecule has 0 unspecified atom stereocenters. The van der Waals surface area contributed by atoms with Gasteiger partial charge in [-0.15, -0.1) is 0 Å². The lowest BCUT2D eigenvalue weighted by molar-refractivity contribution is 0.627. The van der Waals surface area contributed by atoms with E-state index in [2.05, 4.69) is 23.1 Å². The highest BCUT2D eigenvalue weighted by atomic mass is 19.1. The average molecular weight is 281 g/mol. The molecular formula is C17H16FN3. The van der Waals surface area contributed by atoms with Crippen LogP contribution in [0, 0.1) is 17.1 Å². The first-order valence-corrected chi connectivity index (χ1v) is 6.92. The van der Waals surface area contributed by atoms with Gasteiger partial charge in [-0.2, -0.15) is 5.26 Å². The van der Waals surface area contributed by atoms with E-state index in [1.807, 2.05) is 6.07 Å². The van der Waals surface area contributed by atoms with Crippen LogP contribution in [-0.2, 0) is 19.5 Å². The van der Waals surface area contributed by atoms with Crippen molar-refractivity contribution in [2.75, 3.05) is 4.90 Å². The number of nitrogens with zero attached hydrogens (tertiary/aromatic N) is 2. The fraction of sp³-hybridized carbons (Fsp3) is 0.235. The number of hydrogen-bond acceptors (Lipinski definition) is 3. The van der Waals surface area contributed by atoms with Crippen LogP contribution >= 0.6 is 0 Å². The van der Waals surface area contributed by atoms with Crippen LogP contribution in [0.2, 0.25) is 0 Å². The molecule has 2 aromatic carbocycles. The minimum Gasteiger partial charge on any atom is -0.363 e. The van der Waals surface area contributed by atoms with Gasteiger partial charge in [0.05, 0.1) is 12.1 Å². The quantitative estimate of drug-likeness (QED) is 0.941. The van der Waals surface area contributed by atoms with Gasteiger partial charge in [0.15, 0.2) is 0 Å². The van der Waals surface area contributed by atoms with Crippen LogP contribution in [0.15, 0.2) is 42.5 Å². The predicted molar refractivity (Wildman–Crippen MR) is 80.0 cm³/mol. The molecule has 0 aliphatic carbocycles. The zero-order valence-electron chi connectivity index (χ0n) is 11.6. The average Bonchev–Trinajstić information content (AvgIpc) is 2.91. The maximum atomic E-state index is 13.0. The first-order valence-electron chi connectivity index (χ1n) is 6.92. The zero-order chi connectivity index (χ0) is 14.8. The van der Waals surface area contributed by atoms with Crippen molar-refractivity contribution >= 4 is 5.69 Å². The number of anilines is 1. The lowest BCUT2D eigenvalue weighted by Crippen LogP contribution is -2.20. The second kappa shape index (κ2) is 5.55. The molecule has 0 saturated heterocycles. The highest BCUT2D eigenvalue weighted by molar-refractivity contribution is 5.52. The van der Waals surface area contributed by atoms with E-state index in [4.69, 9.17) is 11.0 Å². The molecular weight excluding hydrogens is 265 g/mol. The second-order valence-electron chi connectivity index (χ2n) is 5.38. The molecule has 0 spiro atoms. The number of hydrogen-bond donors (Lipinski definition) is 1. The smallest absolute Gasteiger partial charge is 0.123 e. The summed E-state index contributed by atoms with van der Waals surface area (Å²) in [4.78, 5) is 2.21. The first kappa shape index (κ1) is 13.6. The summed E-state index contributed by atoms with van der Waals surface area (Å²) in [5, 5.41) is 8.79. The molecule has 3 nitrogen and oxygen atoms in total. The van der Waals surface area contributed by atoms with Crippen LogP contribution in [-0.4, -0.2) is 6.04 Å². The summed E-state index contributed by atoms with van der Waals surface area (Å²) in [6.07, 6.45) is 0.570. The molecule has 0 saturated carbocycles. The maximum Gasteiger partial charge on any atom is 0.123 e. The van der Waals surface area contributed by atoms with Gasteiger partial charge < -0.3 is 10.6 Å². The molecule has 0 fully saturated rings. The monoisotopic (exact) mass is 281 g/mol. The minimum atomic E-state index is -0.461. The van der Waals surface area contributed by atoms with Gasteiger partial charge in [0.25, 0.3) is 0 Å². The van der Waals surface area contributed by atoms with Crippen molar-refractivity contribution in [2.45, 2.75) is 25.6 Å². The van der Waals surface area contributed by atoms with Crippen LogP contribution in [0.1, 0.15) is 16.7 Å². The van der Waals surface area contributed by atoms with Crippen LogP contribution in [0.5, 0.6) is 0 Å². The van der Waals surface area contributed by atoms with Crippen LogP contribution in [0.3, 0.4) is 0 Å². The van der Waals surface area contributed by atoms with Crippen LogP contribution in [0.25, 0.3) is 0 Å². The molecule has 1 heterocycles. The highest BCUT2D eigenvalue weighted by Gasteiger charge is 2.19. The largest absolute Gasteiger partial charge is 0.363 e. The third-order valence-electron chi connectivity index (χ3n) is 3.81. The molecule has 4 heteroatoms. The Morgan fingerprint density at radius 2 is 1.86 bits per heavy atom. The Kier molecular flexibility index (Phi) is 3.59. The van der Waals surface area contributed by atoms with Gasteiger partial charge >= 0.3 is 0 Å². The van der Waals surface area contributed by atoms with Gasteiger partial charge in [-0.1, -0.05) is 18.2 Å². The topological polar surface area (TPSA) is 53.1 Å². The molecule has 2 aromatic rings. The van der Waals surface area contributed by atoms with Gasteiger partial charge in [0, 0.05) is 25.2 Å². The van der Waals surface area contributed by atoms with Crippen molar-refractivity contribution in [3.8, 4) is 6.07 Å². The van der Waals surface area contributed by atoms with Crippen molar-refractivity contribution in [3.05, 3.63) is 65.0 Å². The maximum absolute atomic E-state index is 13.0. The molecule has 1 aliphatic heterocycles. The molecule has 2 N–H and O–H groups in total. The van der Waals surface area contributed by atoms with E-state index >= 15 is 0 Å². The lowest BCUT2D eigenvalue weighted by Gasteiger charge is -2.17. The molecule has 1 atom stereocenters. The Balaban J connectivity index is 1.78. The van der Waals surface area contributed by atoms with E-state index in [0.29, 0.717) is 6.42 Å². The van der Waals surface area contributed by atoms with Gasteiger partial charge in [0.1, 0.15) is 5.82 Å². The van der Waals surface area contributed by atoms with Gasteiger partial charge in [-0.3, -0.25) is 0 Å². The Morgan fingerprint density at radius 1 is 1.14 bits per heavy atom.